The van der Waals surface area contributed by atoms with Crippen LogP contribution in [0.1, 0.15) is 48.5 Å². The molecule has 0 atom stereocenters. The molecule has 0 aliphatic carbocycles. The fourth-order valence-electron chi connectivity index (χ4n) is 6.93. The third-order valence-corrected chi connectivity index (χ3v) is 9.61. The summed E-state index contributed by atoms with van der Waals surface area (Å²) in [4.78, 5) is 27.0. The predicted octanol–water partition coefficient (Wildman–Crippen LogP) is 9.53. The zero-order valence-electron chi connectivity index (χ0n) is 29.7. The van der Waals surface area contributed by atoms with Crippen molar-refractivity contribution >= 4 is 11.9 Å². The van der Waals surface area contributed by atoms with Crippen LogP contribution >= 0.6 is 0 Å². The minimum Gasteiger partial charge on any atom is -0.485 e. The Morgan fingerprint density at radius 2 is 0.982 bits per heavy atom. The van der Waals surface area contributed by atoms with E-state index < -0.39 is 23.5 Å². The van der Waals surface area contributed by atoms with Crippen molar-refractivity contribution in [1.29, 1.82) is 0 Å². The summed E-state index contributed by atoms with van der Waals surface area (Å²) in [6, 6.07) is 52.8. The van der Waals surface area contributed by atoms with E-state index in [2.05, 4.69) is 0 Å². The summed E-state index contributed by atoms with van der Waals surface area (Å²) in [7, 11) is 0. The van der Waals surface area contributed by atoms with E-state index in [1.807, 2.05) is 152 Å². The lowest BCUT2D eigenvalue weighted by atomic mass is 9.97. The van der Waals surface area contributed by atoms with Gasteiger partial charge in [-0.3, -0.25) is 0 Å². The van der Waals surface area contributed by atoms with Crippen molar-refractivity contribution in [3.8, 4) is 34.5 Å². The molecular weight excluding hydrogens is 709 g/mol. The van der Waals surface area contributed by atoms with Crippen LogP contribution in [0, 0.1) is 0 Å². The first-order valence-corrected chi connectivity index (χ1v) is 17.9. The number of benzene rings is 7. The molecule has 9 heteroatoms. The number of carboxylic acid groups (broad SMARTS) is 1. The van der Waals surface area contributed by atoms with Gasteiger partial charge >= 0.3 is 23.5 Å². The van der Waals surface area contributed by atoms with Gasteiger partial charge in [-0.2, -0.15) is 0 Å². The van der Waals surface area contributed by atoms with Gasteiger partial charge in [0, 0.05) is 22.3 Å². The van der Waals surface area contributed by atoms with E-state index in [-0.39, 0.29) is 52.2 Å². The summed E-state index contributed by atoms with van der Waals surface area (Å²) < 4.78 is 39.0. The van der Waals surface area contributed by atoms with Gasteiger partial charge in [-0.15, -0.1) is 0 Å². The fraction of sp³-hybridized carbons (Fsp3) is 0.0638. The van der Waals surface area contributed by atoms with Crippen molar-refractivity contribution in [1.82, 2.24) is 0 Å². The number of esters is 1. The molecule has 2 aliphatic heterocycles. The topological polar surface area (TPSA) is 110 Å². The van der Waals surface area contributed by atoms with Gasteiger partial charge in [0.05, 0.1) is 5.56 Å². The van der Waals surface area contributed by atoms with Crippen LogP contribution in [0.4, 0.5) is 0 Å². The number of hydrogen-bond acceptors (Lipinski definition) is 8. The van der Waals surface area contributed by atoms with Crippen LogP contribution in [0.15, 0.2) is 176 Å². The molecule has 7 aromatic rings. The molecule has 56 heavy (non-hydrogen) atoms. The van der Waals surface area contributed by atoms with E-state index in [9.17, 15) is 14.7 Å². The van der Waals surface area contributed by atoms with Crippen molar-refractivity contribution in [2.45, 2.75) is 18.2 Å². The largest absolute Gasteiger partial charge is 0.485 e. The van der Waals surface area contributed by atoms with E-state index in [4.69, 9.17) is 28.4 Å². The number of ether oxygens (including phenoxy) is 6. The Balaban J connectivity index is 1.13. The van der Waals surface area contributed by atoms with Gasteiger partial charge in [0.15, 0.2) is 23.0 Å². The summed E-state index contributed by atoms with van der Waals surface area (Å²) in [6.45, 7) is 0.153. The standard InChI is InChI=1S/C47H32O9/c48-44(49)37-26-27-38-43(56-46(53-38,33-18-8-2-9-19-33)34-20-10-3-11-21-34)41(37)52-45(50)32-28-39(51-30-31-16-6-1-7-17-31)42-40(29-32)54-47(55-42,35-22-12-4-13-23-35)36-24-14-5-15-25-36/h1-29H,30H2,(H,48,49). The maximum Gasteiger partial charge on any atom is 0.343 e. The van der Waals surface area contributed by atoms with Crippen LogP contribution in [0.25, 0.3) is 0 Å². The van der Waals surface area contributed by atoms with E-state index in [0.29, 0.717) is 22.3 Å². The molecule has 2 aliphatic rings. The Kier molecular flexibility index (Phi) is 8.59. The Morgan fingerprint density at radius 3 is 1.48 bits per heavy atom. The second-order valence-electron chi connectivity index (χ2n) is 13.1. The van der Waals surface area contributed by atoms with Gasteiger partial charge in [0.1, 0.15) is 12.2 Å². The van der Waals surface area contributed by atoms with Crippen molar-refractivity contribution in [2.24, 2.45) is 0 Å². The lowest BCUT2D eigenvalue weighted by Crippen LogP contribution is -2.36. The van der Waals surface area contributed by atoms with Crippen molar-refractivity contribution < 1.29 is 43.1 Å². The number of carboxylic acids is 1. The van der Waals surface area contributed by atoms with Gasteiger partial charge in [0.25, 0.3) is 0 Å². The SMILES string of the molecule is O=C(Oc1c(C(=O)O)ccc2c1OC(c1ccccc1)(c1ccccc1)O2)c1cc(OCc2ccccc2)c2c(c1)OC(c1ccccc1)(c1ccccc1)O2. The van der Waals surface area contributed by atoms with Gasteiger partial charge in [0.2, 0.25) is 11.5 Å². The zero-order valence-corrected chi connectivity index (χ0v) is 29.7. The molecule has 1 N–H and O–H groups in total. The van der Waals surface area contributed by atoms with Crippen LogP contribution in [0.5, 0.6) is 34.5 Å². The monoisotopic (exact) mass is 740 g/mol. The highest BCUT2D eigenvalue weighted by molar-refractivity contribution is 5.98. The molecule has 0 amide bonds. The number of hydrogen-bond donors (Lipinski definition) is 1. The number of carbonyl (C=O) groups is 2. The van der Waals surface area contributed by atoms with Crippen LogP contribution in [-0.2, 0) is 18.2 Å². The van der Waals surface area contributed by atoms with E-state index >= 15 is 0 Å². The van der Waals surface area contributed by atoms with Crippen LogP contribution in [0.3, 0.4) is 0 Å². The first-order chi connectivity index (χ1) is 27.4. The molecular formula is C47H32O9. The zero-order chi connectivity index (χ0) is 38.1. The lowest BCUT2D eigenvalue weighted by molar-refractivity contribution is -0.0470. The molecule has 0 radical (unpaired) electrons. The van der Waals surface area contributed by atoms with E-state index in [0.717, 1.165) is 5.56 Å². The van der Waals surface area contributed by atoms with E-state index in [1.165, 1.54) is 24.3 Å². The summed E-state index contributed by atoms with van der Waals surface area (Å²) in [5.41, 5.74) is 3.31. The Bertz CT molecular complexity index is 2460. The first-order valence-electron chi connectivity index (χ1n) is 17.9. The molecule has 0 bridgehead atoms. The predicted molar refractivity (Wildman–Crippen MR) is 205 cm³/mol. The minimum absolute atomic E-state index is 0.0116. The molecule has 0 aromatic heterocycles. The van der Waals surface area contributed by atoms with Crippen molar-refractivity contribution in [3.63, 3.8) is 0 Å². The second-order valence-corrected chi connectivity index (χ2v) is 13.1. The molecule has 7 aromatic carbocycles. The number of fused-ring (bicyclic) bond motifs is 2. The number of aromatic carboxylic acids is 1. The lowest BCUT2D eigenvalue weighted by Gasteiger charge is -2.28. The number of carbonyl (C=O) groups excluding carboxylic acids is 1. The van der Waals surface area contributed by atoms with Gasteiger partial charge in [-0.05, 0) is 29.8 Å². The molecule has 0 spiro atoms. The third-order valence-electron chi connectivity index (χ3n) is 9.61. The molecule has 0 saturated carbocycles. The molecule has 9 nitrogen and oxygen atoms in total. The molecule has 0 saturated heterocycles. The maximum atomic E-state index is 14.4. The van der Waals surface area contributed by atoms with Gasteiger partial charge in [-0.1, -0.05) is 152 Å². The highest BCUT2D eigenvalue weighted by Gasteiger charge is 2.49. The fourth-order valence-corrected chi connectivity index (χ4v) is 6.93. The maximum absolute atomic E-state index is 14.4. The molecule has 9 rings (SSSR count). The summed E-state index contributed by atoms with van der Waals surface area (Å²) in [5, 5.41) is 10.3. The summed E-state index contributed by atoms with van der Waals surface area (Å²) >= 11 is 0. The Morgan fingerprint density at radius 1 is 0.518 bits per heavy atom. The minimum atomic E-state index is -1.50. The van der Waals surface area contributed by atoms with Crippen LogP contribution < -0.4 is 28.4 Å². The molecule has 0 unspecified atom stereocenters. The normalized spacial score (nSPS) is 14.1. The van der Waals surface area contributed by atoms with Gasteiger partial charge in [-0.25, -0.2) is 9.59 Å². The average Bonchev–Trinajstić information content (AvgIpc) is 3.86. The van der Waals surface area contributed by atoms with Crippen molar-refractivity contribution in [2.75, 3.05) is 0 Å². The highest BCUT2D eigenvalue weighted by atomic mass is 16.7. The van der Waals surface area contributed by atoms with Crippen molar-refractivity contribution in [3.05, 3.63) is 215 Å². The smallest absolute Gasteiger partial charge is 0.343 e. The molecule has 0 fully saturated rings. The second kappa shape index (κ2) is 14.0. The van der Waals surface area contributed by atoms with Crippen LogP contribution in [-0.4, -0.2) is 17.0 Å². The summed E-state index contributed by atoms with van der Waals surface area (Å²) in [5.74, 6) is -4.59. The quantitative estimate of drug-likeness (QED) is 0.108. The van der Waals surface area contributed by atoms with Gasteiger partial charge < -0.3 is 33.5 Å². The van der Waals surface area contributed by atoms with E-state index in [1.54, 1.807) is 0 Å². The number of rotatable bonds is 10. The Hall–Kier alpha value is -7.52. The average molecular weight is 741 g/mol. The van der Waals surface area contributed by atoms with Crippen LogP contribution in [0.2, 0.25) is 0 Å². The third kappa shape index (κ3) is 6.01. The molecule has 274 valence electrons. The highest BCUT2D eigenvalue weighted by Crippen LogP contribution is 2.55. The summed E-state index contributed by atoms with van der Waals surface area (Å²) in [6.07, 6.45) is 0. The Labute approximate surface area is 321 Å². The first kappa shape index (κ1) is 34.3. The molecule has 2 heterocycles.